The number of nitrogens with one attached hydrogen (secondary N) is 1. The molecule has 0 aliphatic heterocycles. The minimum atomic E-state index is -0.406. The van der Waals surface area contributed by atoms with Crippen molar-refractivity contribution in [3.8, 4) is 17.2 Å². The molecule has 0 saturated heterocycles. The summed E-state index contributed by atoms with van der Waals surface area (Å²) < 4.78 is 18.0. The van der Waals surface area contributed by atoms with Gasteiger partial charge in [-0.2, -0.15) is 5.10 Å². The number of carbonyl (C=O) groups is 1. The molecule has 1 heterocycles. The lowest BCUT2D eigenvalue weighted by Gasteiger charge is -2.13. The van der Waals surface area contributed by atoms with Gasteiger partial charge in [0.05, 0.1) is 38.6 Å². The maximum Gasteiger partial charge on any atom is 0.271 e. The van der Waals surface area contributed by atoms with E-state index in [2.05, 4.69) is 33.9 Å². The number of benzene rings is 2. The van der Waals surface area contributed by atoms with Crippen molar-refractivity contribution in [2.75, 3.05) is 21.3 Å². The van der Waals surface area contributed by atoms with Gasteiger partial charge in [-0.15, -0.1) is 0 Å². The summed E-state index contributed by atoms with van der Waals surface area (Å²) in [5.41, 5.74) is 4.78. The zero-order chi connectivity index (χ0) is 21.7. The van der Waals surface area contributed by atoms with Crippen molar-refractivity contribution in [1.29, 1.82) is 0 Å². The number of fused-ring (bicyclic) bond motifs is 1. The molecule has 1 amide bonds. The van der Waals surface area contributed by atoms with Gasteiger partial charge in [0.25, 0.3) is 5.91 Å². The van der Waals surface area contributed by atoms with Gasteiger partial charge in [-0.05, 0) is 30.2 Å². The van der Waals surface area contributed by atoms with Crippen LogP contribution in [0.1, 0.15) is 30.0 Å². The average Bonchev–Trinajstić information content (AvgIpc) is 3.09. The minimum Gasteiger partial charge on any atom is -0.493 e. The van der Waals surface area contributed by atoms with Crippen LogP contribution in [0.15, 0.2) is 41.5 Å². The number of rotatable bonds is 8. The molecule has 1 N–H and O–H groups in total. The molecule has 158 valence electrons. The molecular weight excluding hydrogens is 384 g/mol. The maximum absolute atomic E-state index is 12.6. The Kier molecular flexibility index (Phi) is 6.56. The summed E-state index contributed by atoms with van der Waals surface area (Å²) in [7, 11) is 4.50. The van der Waals surface area contributed by atoms with E-state index in [4.69, 9.17) is 14.2 Å². The zero-order valence-corrected chi connectivity index (χ0v) is 17.8. The summed E-state index contributed by atoms with van der Waals surface area (Å²) >= 11 is 0. The Bertz CT molecular complexity index is 1050. The van der Waals surface area contributed by atoms with Gasteiger partial charge in [0.1, 0.15) is 0 Å². The number of hydrogen-bond acceptors (Lipinski definition) is 6. The second-order valence-electron chi connectivity index (χ2n) is 7.08. The van der Waals surface area contributed by atoms with E-state index in [1.165, 1.54) is 21.3 Å². The molecule has 8 heteroatoms. The highest BCUT2D eigenvalue weighted by molar-refractivity contribution is 5.96. The highest BCUT2D eigenvalue weighted by Crippen LogP contribution is 2.38. The fourth-order valence-electron chi connectivity index (χ4n) is 3.18. The van der Waals surface area contributed by atoms with Crippen LogP contribution in [-0.2, 0) is 6.54 Å². The Morgan fingerprint density at radius 1 is 1.13 bits per heavy atom. The first-order chi connectivity index (χ1) is 14.5. The second kappa shape index (κ2) is 9.30. The number of ether oxygens (including phenoxy) is 3. The number of hydrazone groups is 1. The van der Waals surface area contributed by atoms with Gasteiger partial charge in [0.2, 0.25) is 5.75 Å². The molecule has 30 heavy (non-hydrogen) atoms. The standard InChI is InChI=1S/C22H26N4O4/c1-14(2)13-26-17-9-7-6-8-16(17)24-20(26)12-23-25-22(27)15-10-18(28-3)21(30-5)19(11-15)29-4/h6-12,14H,13H2,1-5H3,(H,25,27). The number of para-hydroxylation sites is 2. The fourth-order valence-corrected chi connectivity index (χ4v) is 3.18. The normalized spacial score (nSPS) is 11.3. The monoisotopic (exact) mass is 410 g/mol. The number of imidazole rings is 1. The molecule has 0 bridgehead atoms. The summed E-state index contributed by atoms with van der Waals surface area (Å²) in [6.45, 7) is 5.08. The number of nitrogens with zero attached hydrogens (tertiary/aromatic N) is 3. The van der Waals surface area contributed by atoms with E-state index in [0.717, 1.165) is 17.6 Å². The van der Waals surface area contributed by atoms with E-state index in [1.807, 2.05) is 24.3 Å². The maximum atomic E-state index is 12.6. The van der Waals surface area contributed by atoms with Crippen LogP contribution in [0.2, 0.25) is 0 Å². The Morgan fingerprint density at radius 3 is 2.40 bits per heavy atom. The SMILES string of the molecule is COc1cc(C(=O)NN=Cc2nc3ccccc3n2CC(C)C)cc(OC)c1OC. The largest absolute Gasteiger partial charge is 0.493 e. The van der Waals surface area contributed by atoms with Crippen LogP contribution >= 0.6 is 0 Å². The number of carbonyl (C=O) groups excluding carboxylic acids is 1. The van der Waals surface area contributed by atoms with E-state index >= 15 is 0 Å². The first-order valence-electron chi connectivity index (χ1n) is 9.57. The van der Waals surface area contributed by atoms with Crippen LogP contribution in [0.4, 0.5) is 0 Å². The Hall–Kier alpha value is -3.55. The third kappa shape index (κ3) is 4.37. The molecule has 0 aliphatic rings. The third-order valence-electron chi connectivity index (χ3n) is 4.50. The van der Waals surface area contributed by atoms with Gasteiger partial charge < -0.3 is 18.8 Å². The molecule has 3 rings (SSSR count). The highest BCUT2D eigenvalue weighted by Gasteiger charge is 2.17. The molecule has 2 aromatic carbocycles. The van der Waals surface area contributed by atoms with E-state index in [0.29, 0.717) is 34.6 Å². The van der Waals surface area contributed by atoms with Crippen LogP contribution in [0.25, 0.3) is 11.0 Å². The Morgan fingerprint density at radius 2 is 1.80 bits per heavy atom. The zero-order valence-electron chi connectivity index (χ0n) is 17.8. The summed E-state index contributed by atoms with van der Waals surface area (Å²) in [5.74, 6) is 1.91. The van der Waals surface area contributed by atoms with Gasteiger partial charge in [0.15, 0.2) is 17.3 Å². The summed E-state index contributed by atoms with van der Waals surface area (Å²) in [4.78, 5) is 17.2. The lowest BCUT2D eigenvalue weighted by molar-refractivity contribution is 0.0954. The molecule has 3 aromatic rings. The van der Waals surface area contributed by atoms with Crippen LogP contribution < -0.4 is 19.6 Å². The summed E-state index contributed by atoms with van der Waals surface area (Å²) in [6, 6.07) is 11.0. The van der Waals surface area contributed by atoms with E-state index in [-0.39, 0.29) is 0 Å². The van der Waals surface area contributed by atoms with Crippen LogP contribution in [0.3, 0.4) is 0 Å². The first kappa shape index (κ1) is 21.2. The predicted octanol–water partition coefficient (Wildman–Crippen LogP) is 3.48. The van der Waals surface area contributed by atoms with Crippen molar-refractivity contribution >= 4 is 23.2 Å². The molecular formula is C22H26N4O4. The van der Waals surface area contributed by atoms with Gasteiger partial charge in [-0.1, -0.05) is 26.0 Å². The molecule has 0 unspecified atom stereocenters. The number of aromatic nitrogens is 2. The van der Waals surface area contributed by atoms with Crippen LogP contribution in [-0.4, -0.2) is 43.0 Å². The fraction of sp³-hybridized carbons (Fsp3) is 0.318. The summed E-state index contributed by atoms with van der Waals surface area (Å²) in [6.07, 6.45) is 1.55. The molecule has 0 aliphatic carbocycles. The number of amides is 1. The molecule has 0 saturated carbocycles. The molecule has 8 nitrogen and oxygen atoms in total. The van der Waals surface area contributed by atoms with Gasteiger partial charge in [-0.3, -0.25) is 4.79 Å². The molecule has 1 aromatic heterocycles. The van der Waals surface area contributed by atoms with Crippen molar-refractivity contribution in [3.05, 3.63) is 47.8 Å². The topological polar surface area (TPSA) is 87.0 Å². The Labute approximate surface area is 175 Å². The molecule has 0 fully saturated rings. The molecule has 0 atom stereocenters. The van der Waals surface area contributed by atoms with Crippen molar-refractivity contribution < 1.29 is 19.0 Å². The van der Waals surface area contributed by atoms with E-state index in [1.54, 1.807) is 18.3 Å². The van der Waals surface area contributed by atoms with Crippen LogP contribution in [0.5, 0.6) is 17.2 Å². The van der Waals surface area contributed by atoms with Crippen molar-refractivity contribution in [2.24, 2.45) is 11.0 Å². The van der Waals surface area contributed by atoms with Gasteiger partial charge >= 0.3 is 0 Å². The molecule has 0 radical (unpaired) electrons. The number of hydrogen-bond donors (Lipinski definition) is 1. The number of methoxy groups -OCH3 is 3. The van der Waals surface area contributed by atoms with E-state index in [9.17, 15) is 4.79 Å². The van der Waals surface area contributed by atoms with Crippen molar-refractivity contribution in [2.45, 2.75) is 20.4 Å². The lowest BCUT2D eigenvalue weighted by Crippen LogP contribution is -2.18. The minimum absolute atomic E-state index is 0.331. The quantitative estimate of drug-likeness (QED) is 0.454. The van der Waals surface area contributed by atoms with E-state index < -0.39 is 5.91 Å². The van der Waals surface area contributed by atoms with Gasteiger partial charge in [0, 0.05) is 12.1 Å². The van der Waals surface area contributed by atoms with Crippen LogP contribution in [0, 0.1) is 5.92 Å². The summed E-state index contributed by atoms with van der Waals surface area (Å²) in [5, 5.41) is 4.11. The van der Waals surface area contributed by atoms with Gasteiger partial charge in [-0.25, -0.2) is 10.4 Å². The first-order valence-corrected chi connectivity index (χ1v) is 9.57. The Balaban J connectivity index is 1.84. The predicted molar refractivity (Wildman–Crippen MR) is 116 cm³/mol. The van der Waals surface area contributed by atoms with Crippen molar-refractivity contribution in [3.63, 3.8) is 0 Å². The highest BCUT2D eigenvalue weighted by atomic mass is 16.5. The van der Waals surface area contributed by atoms with Crippen molar-refractivity contribution in [1.82, 2.24) is 15.0 Å². The third-order valence-corrected chi connectivity index (χ3v) is 4.50. The second-order valence-corrected chi connectivity index (χ2v) is 7.08. The average molecular weight is 410 g/mol. The lowest BCUT2D eigenvalue weighted by atomic mass is 10.1. The molecule has 0 spiro atoms. The smallest absolute Gasteiger partial charge is 0.271 e.